The summed E-state index contributed by atoms with van der Waals surface area (Å²) in [6.45, 7) is 4.45. The highest BCUT2D eigenvalue weighted by Gasteiger charge is 2.23. The van der Waals surface area contributed by atoms with Gasteiger partial charge in [-0.3, -0.25) is 14.7 Å². The summed E-state index contributed by atoms with van der Waals surface area (Å²) in [7, 11) is 0. The zero-order valence-corrected chi connectivity index (χ0v) is 19.8. The maximum Gasteiger partial charge on any atom is 0.237 e. The highest BCUT2D eigenvalue weighted by atomic mass is 32.2. The van der Waals surface area contributed by atoms with Crippen molar-refractivity contribution in [1.29, 1.82) is 0 Å². The number of aromatic nitrogens is 4. The number of morpholine rings is 1. The molecular formula is C24H23FN6O3S. The van der Waals surface area contributed by atoms with Crippen LogP contribution in [-0.2, 0) is 9.53 Å². The van der Waals surface area contributed by atoms with E-state index < -0.39 is 0 Å². The third kappa shape index (κ3) is 5.36. The first-order valence-electron chi connectivity index (χ1n) is 11.1. The fourth-order valence-corrected chi connectivity index (χ4v) is 4.41. The minimum atomic E-state index is -0.368. The molecule has 1 aliphatic rings. The number of ether oxygens (including phenoxy) is 1. The number of nitrogens with one attached hydrogen (secondary N) is 1. The highest BCUT2D eigenvalue weighted by Crippen LogP contribution is 2.28. The van der Waals surface area contributed by atoms with Crippen LogP contribution in [0.2, 0.25) is 0 Å². The van der Waals surface area contributed by atoms with Crippen LogP contribution in [0.1, 0.15) is 5.56 Å². The van der Waals surface area contributed by atoms with E-state index in [0.29, 0.717) is 48.8 Å². The van der Waals surface area contributed by atoms with Gasteiger partial charge in [0.2, 0.25) is 17.7 Å². The fraction of sp³-hybridized carbons (Fsp3) is 0.250. The van der Waals surface area contributed by atoms with Gasteiger partial charge < -0.3 is 14.2 Å². The summed E-state index contributed by atoms with van der Waals surface area (Å²) in [5, 5.41) is 15.8. The van der Waals surface area contributed by atoms with Crippen molar-refractivity contribution in [3.8, 4) is 16.9 Å². The number of amides is 1. The number of aryl methyl sites for hydroxylation is 1. The van der Waals surface area contributed by atoms with Crippen LogP contribution in [0.15, 0.2) is 64.3 Å². The summed E-state index contributed by atoms with van der Waals surface area (Å²) < 4.78 is 26.5. The summed E-state index contributed by atoms with van der Waals surface area (Å²) >= 11 is 1.20. The number of benzene rings is 2. The van der Waals surface area contributed by atoms with Gasteiger partial charge in [0.25, 0.3) is 0 Å². The van der Waals surface area contributed by atoms with Gasteiger partial charge in [-0.25, -0.2) is 4.39 Å². The fourth-order valence-electron chi connectivity index (χ4n) is 3.66. The quantitative estimate of drug-likeness (QED) is 0.386. The maximum atomic E-state index is 14.0. The van der Waals surface area contributed by atoms with Crippen molar-refractivity contribution < 1.29 is 18.4 Å². The smallest absolute Gasteiger partial charge is 0.237 e. The van der Waals surface area contributed by atoms with Gasteiger partial charge in [-0.2, -0.15) is 0 Å². The normalized spacial score (nSPS) is 13.7. The second-order valence-electron chi connectivity index (χ2n) is 7.98. The monoisotopic (exact) mass is 494 g/mol. The van der Waals surface area contributed by atoms with Gasteiger partial charge in [0.05, 0.1) is 24.7 Å². The lowest BCUT2D eigenvalue weighted by atomic mass is 10.1. The molecule has 2 aromatic carbocycles. The lowest BCUT2D eigenvalue weighted by molar-refractivity contribution is -0.113. The second kappa shape index (κ2) is 10.3. The van der Waals surface area contributed by atoms with Crippen molar-refractivity contribution in [3.05, 3.63) is 66.0 Å². The molecule has 35 heavy (non-hydrogen) atoms. The Morgan fingerprint density at radius 2 is 1.91 bits per heavy atom. The van der Waals surface area contributed by atoms with E-state index in [1.807, 2.05) is 36.1 Å². The van der Waals surface area contributed by atoms with Crippen molar-refractivity contribution in [2.45, 2.75) is 12.1 Å². The molecule has 1 aliphatic heterocycles. The Morgan fingerprint density at radius 3 is 2.69 bits per heavy atom. The summed E-state index contributed by atoms with van der Waals surface area (Å²) in [5.41, 5.74) is 3.25. The Labute approximate surface area is 205 Å². The Morgan fingerprint density at radius 1 is 1.11 bits per heavy atom. The number of hydrogen-bond donors (Lipinski definition) is 1. The first-order chi connectivity index (χ1) is 17.1. The first kappa shape index (κ1) is 23.1. The number of anilines is 2. The Hall–Kier alpha value is -3.70. The molecule has 4 aromatic rings. The molecule has 9 nitrogen and oxygen atoms in total. The van der Waals surface area contributed by atoms with Crippen molar-refractivity contribution in [3.63, 3.8) is 0 Å². The number of halogens is 1. The molecule has 2 aromatic heterocycles. The van der Waals surface area contributed by atoms with Crippen LogP contribution in [0.25, 0.3) is 16.9 Å². The molecular weight excluding hydrogens is 471 g/mol. The lowest BCUT2D eigenvalue weighted by Gasteiger charge is -2.27. The molecule has 0 saturated carbocycles. The van der Waals surface area contributed by atoms with Gasteiger partial charge in [0, 0.05) is 24.7 Å². The largest absolute Gasteiger partial charge is 0.378 e. The van der Waals surface area contributed by atoms with E-state index in [1.165, 1.54) is 23.9 Å². The van der Waals surface area contributed by atoms with Gasteiger partial charge in [0.15, 0.2) is 5.16 Å². The molecule has 180 valence electrons. The molecule has 0 unspecified atom stereocenters. The van der Waals surface area contributed by atoms with Gasteiger partial charge in [0.1, 0.15) is 11.5 Å². The topological polar surface area (TPSA) is 98.3 Å². The van der Waals surface area contributed by atoms with Crippen molar-refractivity contribution in [2.75, 3.05) is 42.3 Å². The Kier molecular flexibility index (Phi) is 6.77. The Bertz CT molecular complexity index is 1320. The van der Waals surface area contributed by atoms with E-state index in [9.17, 15) is 9.18 Å². The van der Waals surface area contributed by atoms with Gasteiger partial charge in [-0.05, 0) is 25.1 Å². The SMILES string of the molecule is Cc1ccc(-c2cc(NC(=O)CSc3nnc(N4CCOCC4)n3-c3cccc(F)c3)on2)cc1. The number of carbonyl (C=O) groups excluding carboxylic acids is 1. The van der Waals surface area contributed by atoms with Crippen LogP contribution in [0.3, 0.4) is 0 Å². The zero-order valence-electron chi connectivity index (χ0n) is 19.0. The van der Waals surface area contributed by atoms with Crippen molar-refractivity contribution in [1.82, 2.24) is 19.9 Å². The zero-order chi connectivity index (χ0) is 24.2. The molecule has 1 fully saturated rings. The average molecular weight is 495 g/mol. The van der Waals surface area contributed by atoms with Crippen LogP contribution in [0.5, 0.6) is 0 Å². The van der Waals surface area contributed by atoms with E-state index >= 15 is 0 Å². The highest BCUT2D eigenvalue weighted by molar-refractivity contribution is 7.99. The van der Waals surface area contributed by atoms with Crippen molar-refractivity contribution in [2.24, 2.45) is 0 Å². The summed E-state index contributed by atoms with van der Waals surface area (Å²) in [4.78, 5) is 14.7. The first-order valence-corrected chi connectivity index (χ1v) is 12.1. The standard InChI is InChI=1S/C24H23FN6O3S/c1-16-5-7-17(8-6-16)20-14-22(34-29-20)26-21(32)15-35-24-28-27-23(30-9-11-33-12-10-30)31(24)19-4-2-3-18(25)13-19/h2-8,13-14H,9-12,15H2,1H3,(H,26,32). The summed E-state index contributed by atoms with van der Waals surface area (Å²) in [6.07, 6.45) is 0. The molecule has 1 saturated heterocycles. The molecule has 11 heteroatoms. The Balaban J connectivity index is 1.30. The van der Waals surface area contributed by atoms with E-state index in [4.69, 9.17) is 9.26 Å². The minimum absolute atomic E-state index is 0.0527. The van der Waals surface area contributed by atoms with Crippen molar-refractivity contribution >= 4 is 29.5 Å². The van der Waals surface area contributed by atoms with Crippen LogP contribution < -0.4 is 10.2 Å². The van der Waals surface area contributed by atoms with E-state index in [0.717, 1.165) is 11.1 Å². The van der Waals surface area contributed by atoms with E-state index in [-0.39, 0.29) is 23.4 Å². The summed E-state index contributed by atoms with van der Waals surface area (Å²) in [5.74, 6) is 0.235. The number of rotatable bonds is 7. The van der Waals surface area contributed by atoms with Gasteiger partial charge in [-0.1, -0.05) is 52.8 Å². The number of nitrogens with zero attached hydrogens (tertiary/aromatic N) is 5. The molecule has 3 heterocycles. The molecule has 0 aliphatic carbocycles. The molecule has 0 bridgehead atoms. The predicted octanol–water partition coefficient (Wildman–Crippen LogP) is 3.94. The van der Waals surface area contributed by atoms with E-state index in [1.54, 1.807) is 22.8 Å². The van der Waals surface area contributed by atoms with Crippen LogP contribution in [0.4, 0.5) is 16.2 Å². The van der Waals surface area contributed by atoms with Crippen LogP contribution >= 0.6 is 11.8 Å². The molecule has 1 N–H and O–H groups in total. The average Bonchev–Trinajstić information content (AvgIpc) is 3.51. The molecule has 1 amide bonds. The van der Waals surface area contributed by atoms with Crippen LogP contribution in [0, 0.1) is 12.7 Å². The molecule has 0 atom stereocenters. The molecule has 0 spiro atoms. The number of carbonyl (C=O) groups is 1. The third-order valence-electron chi connectivity index (χ3n) is 5.43. The minimum Gasteiger partial charge on any atom is -0.378 e. The third-order valence-corrected chi connectivity index (χ3v) is 6.36. The molecule has 0 radical (unpaired) electrons. The second-order valence-corrected chi connectivity index (χ2v) is 8.92. The maximum absolute atomic E-state index is 14.0. The van der Waals surface area contributed by atoms with Gasteiger partial charge >= 0.3 is 0 Å². The van der Waals surface area contributed by atoms with Crippen LogP contribution in [-0.4, -0.2) is 57.9 Å². The van der Waals surface area contributed by atoms with E-state index in [2.05, 4.69) is 20.7 Å². The van der Waals surface area contributed by atoms with Gasteiger partial charge in [-0.15, -0.1) is 10.2 Å². The number of thioether (sulfide) groups is 1. The number of hydrogen-bond acceptors (Lipinski definition) is 8. The summed E-state index contributed by atoms with van der Waals surface area (Å²) in [6, 6.07) is 15.7. The predicted molar refractivity (Wildman–Crippen MR) is 130 cm³/mol. The lowest BCUT2D eigenvalue weighted by Crippen LogP contribution is -2.37. The molecule has 5 rings (SSSR count).